The van der Waals surface area contributed by atoms with Crippen LogP contribution in [0.4, 0.5) is 0 Å². The standard InChI is InChI=1S/C17H20N2O2S/c1-18-17(21)14-6-2-5-13(11-14)12-19-16(20)9-3-7-15-8-4-10-22-15/h2,4-6,8,10-11H,3,7,9,12H2,1H3,(H,18,21)(H,19,20). The summed E-state index contributed by atoms with van der Waals surface area (Å²) in [5.41, 5.74) is 1.53. The van der Waals surface area contributed by atoms with Crippen molar-refractivity contribution in [2.24, 2.45) is 0 Å². The summed E-state index contributed by atoms with van der Waals surface area (Å²) in [6.07, 6.45) is 2.31. The van der Waals surface area contributed by atoms with Crippen molar-refractivity contribution in [3.8, 4) is 0 Å². The maximum absolute atomic E-state index is 11.8. The summed E-state index contributed by atoms with van der Waals surface area (Å²) < 4.78 is 0. The molecule has 1 heterocycles. The van der Waals surface area contributed by atoms with Gasteiger partial charge in [-0.1, -0.05) is 18.2 Å². The molecule has 116 valence electrons. The second kappa shape index (κ2) is 8.34. The number of aryl methyl sites for hydroxylation is 1. The monoisotopic (exact) mass is 316 g/mol. The van der Waals surface area contributed by atoms with Gasteiger partial charge in [0, 0.05) is 30.5 Å². The Balaban J connectivity index is 1.75. The van der Waals surface area contributed by atoms with Gasteiger partial charge in [-0.05, 0) is 42.0 Å². The SMILES string of the molecule is CNC(=O)c1cccc(CNC(=O)CCCc2cccs2)c1. The van der Waals surface area contributed by atoms with Crippen LogP contribution in [-0.2, 0) is 17.8 Å². The van der Waals surface area contributed by atoms with Crippen LogP contribution in [0.3, 0.4) is 0 Å². The molecule has 5 heteroatoms. The van der Waals surface area contributed by atoms with Crippen molar-refractivity contribution in [3.63, 3.8) is 0 Å². The molecule has 0 saturated carbocycles. The van der Waals surface area contributed by atoms with Gasteiger partial charge in [-0.2, -0.15) is 0 Å². The lowest BCUT2D eigenvalue weighted by Gasteiger charge is -2.07. The minimum absolute atomic E-state index is 0.0434. The predicted octanol–water partition coefficient (Wildman–Crippen LogP) is 2.75. The highest BCUT2D eigenvalue weighted by Crippen LogP contribution is 2.12. The molecule has 1 aromatic carbocycles. The second-order valence-corrected chi connectivity index (χ2v) is 6.02. The number of thiophene rings is 1. The third kappa shape index (κ3) is 5.00. The molecule has 0 aliphatic rings. The van der Waals surface area contributed by atoms with Gasteiger partial charge in [0.1, 0.15) is 0 Å². The van der Waals surface area contributed by atoms with Crippen LogP contribution >= 0.6 is 11.3 Å². The molecule has 22 heavy (non-hydrogen) atoms. The van der Waals surface area contributed by atoms with Gasteiger partial charge in [0.25, 0.3) is 5.91 Å². The van der Waals surface area contributed by atoms with E-state index in [4.69, 9.17) is 0 Å². The topological polar surface area (TPSA) is 58.2 Å². The molecule has 0 spiro atoms. The van der Waals surface area contributed by atoms with Crippen LogP contribution in [0.1, 0.15) is 33.6 Å². The maximum atomic E-state index is 11.8. The lowest BCUT2D eigenvalue weighted by molar-refractivity contribution is -0.121. The van der Waals surface area contributed by atoms with E-state index in [2.05, 4.69) is 22.1 Å². The summed E-state index contributed by atoms with van der Waals surface area (Å²) in [7, 11) is 1.60. The molecular formula is C17H20N2O2S. The van der Waals surface area contributed by atoms with Gasteiger partial charge in [-0.15, -0.1) is 11.3 Å². The van der Waals surface area contributed by atoms with E-state index < -0.39 is 0 Å². The number of nitrogens with one attached hydrogen (secondary N) is 2. The van der Waals surface area contributed by atoms with Crippen molar-refractivity contribution in [3.05, 3.63) is 57.8 Å². The highest BCUT2D eigenvalue weighted by molar-refractivity contribution is 7.09. The van der Waals surface area contributed by atoms with Crippen LogP contribution in [-0.4, -0.2) is 18.9 Å². The van der Waals surface area contributed by atoms with Gasteiger partial charge in [0.2, 0.25) is 5.91 Å². The van der Waals surface area contributed by atoms with Crippen molar-refractivity contribution in [2.45, 2.75) is 25.8 Å². The Morgan fingerprint density at radius 1 is 1.18 bits per heavy atom. The molecule has 0 fully saturated rings. The van der Waals surface area contributed by atoms with Crippen molar-refractivity contribution >= 4 is 23.2 Å². The third-order valence-corrected chi connectivity index (χ3v) is 4.25. The first kappa shape index (κ1) is 16.2. The van der Waals surface area contributed by atoms with Gasteiger partial charge in [0.15, 0.2) is 0 Å². The summed E-state index contributed by atoms with van der Waals surface area (Å²) in [6.45, 7) is 0.447. The lowest BCUT2D eigenvalue weighted by atomic mass is 10.1. The Kier molecular flexibility index (Phi) is 6.15. The summed E-state index contributed by atoms with van der Waals surface area (Å²) in [5.74, 6) is -0.0778. The Morgan fingerprint density at radius 3 is 2.77 bits per heavy atom. The molecule has 2 aromatic rings. The highest BCUT2D eigenvalue weighted by Gasteiger charge is 2.05. The second-order valence-electron chi connectivity index (χ2n) is 4.99. The van der Waals surface area contributed by atoms with E-state index in [0.717, 1.165) is 18.4 Å². The minimum Gasteiger partial charge on any atom is -0.355 e. The molecule has 0 bridgehead atoms. The van der Waals surface area contributed by atoms with Gasteiger partial charge in [0.05, 0.1) is 0 Å². The number of benzene rings is 1. The molecular weight excluding hydrogens is 296 g/mol. The fourth-order valence-corrected chi connectivity index (χ4v) is 2.89. The molecule has 0 unspecified atom stereocenters. The van der Waals surface area contributed by atoms with Gasteiger partial charge in [-0.3, -0.25) is 9.59 Å². The number of amides is 2. The summed E-state index contributed by atoms with van der Waals surface area (Å²) >= 11 is 1.72. The van der Waals surface area contributed by atoms with Crippen LogP contribution in [0.5, 0.6) is 0 Å². The Bertz CT molecular complexity index is 623. The Labute approximate surface area is 134 Å². The zero-order valence-corrected chi connectivity index (χ0v) is 13.4. The molecule has 1 aromatic heterocycles. The van der Waals surface area contributed by atoms with Crippen LogP contribution in [0.25, 0.3) is 0 Å². The van der Waals surface area contributed by atoms with E-state index >= 15 is 0 Å². The smallest absolute Gasteiger partial charge is 0.251 e. The first-order valence-electron chi connectivity index (χ1n) is 7.29. The fraction of sp³-hybridized carbons (Fsp3) is 0.294. The van der Waals surface area contributed by atoms with Crippen molar-refractivity contribution in [1.29, 1.82) is 0 Å². The lowest BCUT2D eigenvalue weighted by Crippen LogP contribution is -2.23. The van der Waals surface area contributed by atoms with E-state index in [1.54, 1.807) is 30.5 Å². The normalized spacial score (nSPS) is 10.2. The van der Waals surface area contributed by atoms with Crippen molar-refractivity contribution in [2.75, 3.05) is 7.05 Å². The third-order valence-electron chi connectivity index (χ3n) is 3.31. The number of carbonyl (C=O) groups is 2. The molecule has 0 aliphatic heterocycles. The number of hydrogen-bond donors (Lipinski definition) is 2. The van der Waals surface area contributed by atoms with Gasteiger partial charge < -0.3 is 10.6 Å². The van der Waals surface area contributed by atoms with E-state index in [1.807, 2.05) is 18.2 Å². The zero-order chi connectivity index (χ0) is 15.8. The molecule has 0 aliphatic carbocycles. The maximum Gasteiger partial charge on any atom is 0.251 e. The van der Waals surface area contributed by atoms with E-state index in [-0.39, 0.29) is 11.8 Å². The zero-order valence-electron chi connectivity index (χ0n) is 12.6. The van der Waals surface area contributed by atoms with Crippen LogP contribution < -0.4 is 10.6 Å². The molecule has 4 nitrogen and oxygen atoms in total. The fourth-order valence-electron chi connectivity index (χ4n) is 2.13. The van der Waals surface area contributed by atoms with Crippen LogP contribution in [0.15, 0.2) is 41.8 Å². The summed E-state index contributed by atoms with van der Waals surface area (Å²) in [5, 5.41) is 7.54. The first-order valence-corrected chi connectivity index (χ1v) is 8.17. The Morgan fingerprint density at radius 2 is 2.05 bits per heavy atom. The van der Waals surface area contributed by atoms with E-state index in [1.165, 1.54) is 4.88 Å². The largest absolute Gasteiger partial charge is 0.355 e. The first-order chi connectivity index (χ1) is 10.7. The molecule has 0 saturated heterocycles. The summed E-state index contributed by atoms with van der Waals surface area (Å²) in [6, 6.07) is 11.4. The minimum atomic E-state index is -0.121. The number of hydrogen-bond acceptors (Lipinski definition) is 3. The average Bonchev–Trinajstić information content (AvgIpc) is 3.06. The average molecular weight is 316 g/mol. The van der Waals surface area contributed by atoms with Crippen LogP contribution in [0.2, 0.25) is 0 Å². The summed E-state index contributed by atoms with van der Waals surface area (Å²) in [4.78, 5) is 24.7. The molecule has 2 rings (SSSR count). The predicted molar refractivity (Wildman–Crippen MR) is 88.9 cm³/mol. The van der Waals surface area contributed by atoms with Gasteiger partial charge in [-0.25, -0.2) is 0 Å². The van der Waals surface area contributed by atoms with Crippen LogP contribution in [0, 0.1) is 0 Å². The molecule has 0 radical (unpaired) electrons. The van der Waals surface area contributed by atoms with Crippen molar-refractivity contribution < 1.29 is 9.59 Å². The van der Waals surface area contributed by atoms with Crippen molar-refractivity contribution in [1.82, 2.24) is 10.6 Å². The van der Waals surface area contributed by atoms with E-state index in [9.17, 15) is 9.59 Å². The number of carbonyl (C=O) groups excluding carboxylic acids is 2. The Hall–Kier alpha value is -2.14. The van der Waals surface area contributed by atoms with E-state index in [0.29, 0.717) is 18.5 Å². The molecule has 0 atom stereocenters. The highest BCUT2D eigenvalue weighted by atomic mass is 32.1. The van der Waals surface area contributed by atoms with Gasteiger partial charge >= 0.3 is 0 Å². The molecule has 2 N–H and O–H groups in total. The number of rotatable bonds is 7. The molecule has 2 amide bonds. The quantitative estimate of drug-likeness (QED) is 0.825.